The maximum atomic E-state index is 13.2. The van der Waals surface area contributed by atoms with E-state index in [2.05, 4.69) is 33.9 Å². The van der Waals surface area contributed by atoms with Crippen LogP contribution in [0.15, 0.2) is 36.6 Å². The fraction of sp³-hybridized carbons (Fsp3) is 0.611. The van der Waals surface area contributed by atoms with E-state index in [1.165, 1.54) is 5.57 Å². The first kappa shape index (κ1) is 15.1. The summed E-state index contributed by atoms with van der Waals surface area (Å²) in [6.45, 7) is 16.8. The zero-order valence-corrected chi connectivity index (χ0v) is 13.4. The number of ketones is 1. The topological polar surface area (TPSA) is 26.3 Å². The van der Waals surface area contributed by atoms with Crippen LogP contribution in [0.4, 0.5) is 0 Å². The molecule has 110 valence electrons. The summed E-state index contributed by atoms with van der Waals surface area (Å²) >= 11 is 0. The third kappa shape index (κ3) is 1.43. The van der Waals surface area contributed by atoms with Gasteiger partial charge < -0.3 is 4.74 Å². The van der Waals surface area contributed by atoms with Crippen LogP contribution >= 0.6 is 0 Å². The number of carbonyl (C=O) groups is 1. The van der Waals surface area contributed by atoms with Crippen molar-refractivity contribution in [1.82, 2.24) is 0 Å². The van der Waals surface area contributed by atoms with Crippen LogP contribution in [0.5, 0.6) is 0 Å². The van der Waals surface area contributed by atoms with Gasteiger partial charge in [-0.3, -0.25) is 4.79 Å². The predicted molar refractivity (Wildman–Crippen MR) is 82.2 cm³/mol. The molecule has 0 spiro atoms. The molecule has 3 aliphatic carbocycles. The summed E-state index contributed by atoms with van der Waals surface area (Å²) < 4.78 is 5.18. The SMILES string of the molecule is C=C[C@]1(/C(C)=C/OC)C(=O)[C@@H]2CC[C@@]1(C)C(=C)C2(C)C. The first-order valence-electron chi connectivity index (χ1n) is 7.28. The molecule has 0 aromatic heterocycles. The van der Waals surface area contributed by atoms with Crippen LogP contribution in [0.3, 0.4) is 0 Å². The van der Waals surface area contributed by atoms with E-state index in [0.29, 0.717) is 0 Å². The van der Waals surface area contributed by atoms with E-state index < -0.39 is 5.41 Å². The Morgan fingerprint density at radius 3 is 2.50 bits per heavy atom. The second-order valence-electron chi connectivity index (χ2n) is 7.04. The minimum Gasteiger partial charge on any atom is -0.504 e. The molecule has 0 N–H and O–H groups in total. The molecule has 3 saturated carbocycles. The lowest BCUT2D eigenvalue weighted by Gasteiger charge is -2.63. The number of hydrogen-bond acceptors (Lipinski definition) is 2. The highest BCUT2D eigenvalue weighted by molar-refractivity contribution is 5.96. The molecule has 2 heteroatoms. The molecule has 2 bridgehead atoms. The molecular weight excluding hydrogens is 248 g/mol. The van der Waals surface area contributed by atoms with Crippen molar-refractivity contribution in [3.63, 3.8) is 0 Å². The second kappa shape index (κ2) is 4.34. The van der Waals surface area contributed by atoms with Gasteiger partial charge in [0.2, 0.25) is 0 Å². The monoisotopic (exact) mass is 274 g/mol. The van der Waals surface area contributed by atoms with Gasteiger partial charge in [-0.2, -0.15) is 0 Å². The van der Waals surface area contributed by atoms with Crippen LogP contribution in [0, 0.1) is 22.2 Å². The summed E-state index contributed by atoms with van der Waals surface area (Å²) in [6, 6.07) is 0. The zero-order chi connectivity index (χ0) is 15.3. The fourth-order valence-corrected chi connectivity index (χ4v) is 4.69. The number of Topliss-reactive ketones (excluding diaryl/α,β-unsaturated/α-hetero) is 1. The van der Waals surface area contributed by atoms with E-state index in [1.807, 2.05) is 13.0 Å². The molecule has 0 aliphatic heterocycles. The number of hydrogen-bond donors (Lipinski definition) is 0. The van der Waals surface area contributed by atoms with Gasteiger partial charge in [0.1, 0.15) is 0 Å². The van der Waals surface area contributed by atoms with Crippen LogP contribution in [-0.4, -0.2) is 12.9 Å². The minimum atomic E-state index is -0.668. The molecular formula is C18H26O2. The number of rotatable bonds is 3. The molecule has 0 heterocycles. The summed E-state index contributed by atoms with van der Waals surface area (Å²) in [5, 5.41) is 0. The van der Waals surface area contributed by atoms with Crippen molar-refractivity contribution in [2.45, 2.75) is 40.5 Å². The van der Waals surface area contributed by atoms with E-state index >= 15 is 0 Å². The fourth-order valence-electron chi connectivity index (χ4n) is 4.69. The molecule has 0 amide bonds. The van der Waals surface area contributed by atoms with Crippen LogP contribution in [-0.2, 0) is 9.53 Å². The maximum absolute atomic E-state index is 13.2. The largest absolute Gasteiger partial charge is 0.504 e. The van der Waals surface area contributed by atoms with Crippen molar-refractivity contribution in [3.8, 4) is 0 Å². The van der Waals surface area contributed by atoms with Crippen LogP contribution in [0.25, 0.3) is 0 Å². The first-order chi connectivity index (χ1) is 9.20. The summed E-state index contributed by atoms with van der Waals surface area (Å²) in [5.41, 5.74) is 1.03. The Hall–Kier alpha value is -1.31. The van der Waals surface area contributed by atoms with E-state index in [9.17, 15) is 4.79 Å². The predicted octanol–water partition coefficient (Wildman–Crippen LogP) is 4.29. The van der Waals surface area contributed by atoms with E-state index in [-0.39, 0.29) is 22.5 Å². The number of carbonyl (C=O) groups excluding carboxylic acids is 1. The standard InChI is InChI=1S/C18H26O2/c1-8-18(12(2)11-20-7)15(19)14-9-10-17(18,6)13(3)16(14,4)5/h8,11,14H,1,3,9-10H2,2,4-7H3/b12-11+/t14-,17-,18-/m0/s1. The van der Waals surface area contributed by atoms with Crippen molar-refractivity contribution in [2.75, 3.05) is 7.11 Å². The van der Waals surface area contributed by atoms with Gasteiger partial charge in [0, 0.05) is 11.3 Å². The molecule has 0 unspecified atom stereocenters. The number of fused-ring (bicyclic) bond motifs is 3. The molecule has 20 heavy (non-hydrogen) atoms. The van der Waals surface area contributed by atoms with Gasteiger partial charge in [-0.1, -0.05) is 39.0 Å². The number of allylic oxidation sites excluding steroid dienone is 3. The first-order valence-corrected chi connectivity index (χ1v) is 7.28. The van der Waals surface area contributed by atoms with Crippen molar-refractivity contribution < 1.29 is 9.53 Å². The molecule has 0 saturated heterocycles. The Balaban J connectivity index is 2.72. The van der Waals surface area contributed by atoms with Crippen molar-refractivity contribution in [2.24, 2.45) is 22.2 Å². The molecule has 0 radical (unpaired) electrons. The van der Waals surface area contributed by atoms with Crippen molar-refractivity contribution in [1.29, 1.82) is 0 Å². The van der Waals surface area contributed by atoms with Gasteiger partial charge in [0.25, 0.3) is 0 Å². The van der Waals surface area contributed by atoms with E-state index in [1.54, 1.807) is 13.4 Å². The van der Waals surface area contributed by atoms with Gasteiger partial charge in [0.05, 0.1) is 18.8 Å². The van der Waals surface area contributed by atoms with Crippen molar-refractivity contribution >= 4 is 5.78 Å². The summed E-state index contributed by atoms with van der Waals surface area (Å²) in [5.74, 6) is 0.305. The number of methoxy groups -OCH3 is 1. The van der Waals surface area contributed by atoms with Gasteiger partial charge in [0.15, 0.2) is 5.78 Å². The zero-order valence-electron chi connectivity index (χ0n) is 13.4. The third-order valence-electron chi connectivity index (χ3n) is 6.05. The average Bonchev–Trinajstić information content (AvgIpc) is 2.37. The average molecular weight is 274 g/mol. The molecule has 3 fully saturated rings. The lowest BCUT2D eigenvalue weighted by Crippen LogP contribution is -2.63. The minimum absolute atomic E-state index is 0.0232. The van der Waals surface area contributed by atoms with Gasteiger partial charge in [-0.15, -0.1) is 6.58 Å². The summed E-state index contributed by atoms with van der Waals surface area (Å²) in [6.07, 6.45) is 5.43. The molecule has 3 rings (SSSR count). The Morgan fingerprint density at radius 2 is 2.00 bits per heavy atom. The van der Waals surface area contributed by atoms with Crippen LogP contribution < -0.4 is 0 Å². The summed E-state index contributed by atoms with van der Waals surface area (Å²) in [4.78, 5) is 13.2. The highest BCUT2D eigenvalue weighted by atomic mass is 16.5. The van der Waals surface area contributed by atoms with E-state index in [4.69, 9.17) is 4.74 Å². The molecule has 3 aliphatic rings. The molecule has 3 atom stereocenters. The lowest BCUT2D eigenvalue weighted by atomic mass is 9.38. The maximum Gasteiger partial charge on any atom is 0.151 e. The highest BCUT2D eigenvalue weighted by Crippen LogP contribution is 2.69. The Kier molecular flexibility index (Phi) is 3.27. The van der Waals surface area contributed by atoms with Gasteiger partial charge >= 0.3 is 0 Å². The second-order valence-corrected chi connectivity index (χ2v) is 7.04. The number of ether oxygens (including phenoxy) is 1. The third-order valence-corrected chi connectivity index (χ3v) is 6.05. The molecule has 0 aromatic carbocycles. The Labute approximate surface area is 122 Å². The normalized spacial score (nSPS) is 39.9. The molecule has 2 nitrogen and oxygen atoms in total. The Morgan fingerprint density at radius 1 is 1.40 bits per heavy atom. The smallest absolute Gasteiger partial charge is 0.151 e. The summed E-state index contributed by atoms with van der Waals surface area (Å²) in [7, 11) is 1.62. The quantitative estimate of drug-likeness (QED) is 0.567. The molecule has 0 aromatic rings. The Bertz CT molecular complexity index is 512. The van der Waals surface area contributed by atoms with Crippen molar-refractivity contribution in [3.05, 3.63) is 36.6 Å². The van der Waals surface area contributed by atoms with E-state index in [0.717, 1.165) is 18.4 Å². The van der Waals surface area contributed by atoms with Gasteiger partial charge in [-0.25, -0.2) is 0 Å². The van der Waals surface area contributed by atoms with Crippen LogP contribution in [0.2, 0.25) is 0 Å². The lowest BCUT2D eigenvalue weighted by molar-refractivity contribution is -0.149. The highest BCUT2D eigenvalue weighted by Gasteiger charge is 2.67. The van der Waals surface area contributed by atoms with Crippen LogP contribution in [0.1, 0.15) is 40.5 Å². The van der Waals surface area contributed by atoms with Gasteiger partial charge in [-0.05, 0) is 30.8 Å².